The van der Waals surface area contributed by atoms with E-state index in [0.29, 0.717) is 12.1 Å². The van der Waals surface area contributed by atoms with Gasteiger partial charge in [-0.1, -0.05) is 12.8 Å². The summed E-state index contributed by atoms with van der Waals surface area (Å²) in [5.41, 5.74) is 0.148. The Kier molecular flexibility index (Phi) is 4.79. The highest BCUT2D eigenvalue weighted by atomic mass is 16.5. The predicted molar refractivity (Wildman–Crippen MR) is 94.2 cm³/mol. The molecule has 4 rings (SSSR count). The first-order valence-corrected chi connectivity index (χ1v) is 9.55. The summed E-state index contributed by atoms with van der Waals surface area (Å²) in [6, 6.07) is 5.04. The lowest BCUT2D eigenvalue weighted by molar-refractivity contribution is -0.0815. The fourth-order valence-electron chi connectivity index (χ4n) is 4.00. The summed E-state index contributed by atoms with van der Waals surface area (Å²) in [5, 5.41) is 7.25. The Morgan fingerprint density at radius 3 is 2.75 bits per heavy atom. The zero-order valence-corrected chi connectivity index (χ0v) is 14.4. The van der Waals surface area contributed by atoms with Crippen molar-refractivity contribution in [2.24, 2.45) is 4.99 Å². The lowest BCUT2D eigenvalue weighted by Gasteiger charge is -2.39. The monoisotopic (exact) mass is 331 g/mol. The number of aliphatic imine (C=N–C) groups is 1. The molecule has 1 aromatic heterocycles. The molecule has 1 unspecified atom stereocenters. The van der Waals surface area contributed by atoms with Crippen LogP contribution < -0.4 is 10.6 Å². The van der Waals surface area contributed by atoms with Crippen LogP contribution in [-0.2, 0) is 11.2 Å². The third kappa shape index (κ3) is 4.12. The SMILES string of the molecule is c1coc(CCN=C(NC2CC2)NC2CCOC3(CCCC3)C2)c1. The summed E-state index contributed by atoms with van der Waals surface area (Å²) in [6.07, 6.45) is 12.4. The van der Waals surface area contributed by atoms with Gasteiger partial charge in [0.25, 0.3) is 0 Å². The van der Waals surface area contributed by atoms with E-state index in [9.17, 15) is 0 Å². The average Bonchev–Trinajstić information content (AvgIpc) is 3.05. The number of nitrogens with one attached hydrogen (secondary N) is 2. The van der Waals surface area contributed by atoms with E-state index in [1.807, 2.05) is 12.1 Å². The molecular formula is C19H29N3O2. The Bertz CT molecular complexity index is 545. The quantitative estimate of drug-likeness (QED) is 0.643. The van der Waals surface area contributed by atoms with Gasteiger partial charge in [0.1, 0.15) is 5.76 Å². The van der Waals surface area contributed by atoms with E-state index in [2.05, 4.69) is 10.6 Å². The van der Waals surface area contributed by atoms with Gasteiger partial charge in [0.2, 0.25) is 0 Å². The molecule has 0 aromatic carbocycles. The molecular weight excluding hydrogens is 302 g/mol. The van der Waals surface area contributed by atoms with Crippen LogP contribution >= 0.6 is 0 Å². The zero-order valence-electron chi connectivity index (χ0n) is 14.4. The van der Waals surface area contributed by atoms with E-state index in [1.165, 1.54) is 38.5 Å². The van der Waals surface area contributed by atoms with Crippen molar-refractivity contribution in [2.45, 2.75) is 75.5 Å². The van der Waals surface area contributed by atoms with Crippen molar-refractivity contribution in [1.82, 2.24) is 10.6 Å². The zero-order chi connectivity index (χ0) is 16.2. The number of furan rings is 1. The molecule has 2 saturated carbocycles. The fourth-order valence-corrected chi connectivity index (χ4v) is 4.00. The number of guanidine groups is 1. The summed E-state index contributed by atoms with van der Waals surface area (Å²) in [6.45, 7) is 1.63. The number of ether oxygens (including phenoxy) is 1. The molecule has 1 aromatic rings. The molecule has 1 atom stereocenters. The van der Waals surface area contributed by atoms with Gasteiger partial charge in [-0.3, -0.25) is 4.99 Å². The van der Waals surface area contributed by atoms with Crippen LogP contribution in [0.5, 0.6) is 0 Å². The summed E-state index contributed by atoms with van der Waals surface area (Å²) < 4.78 is 11.5. The average molecular weight is 331 g/mol. The molecule has 1 spiro atoms. The third-order valence-corrected chi connectivity index (χ3v) is 5.48. The van der Waals surface area contributed by atoms with E-state index in [0.717, 1.165) is 44.1 Å². The summed E-state index contributed by atoms with van der Waals surface area (Å²) in [4.78, 5) is 4.78. The van der Waals surface area contributed by atoms with E-state index < -0.39 is 0 Å². The molecule has 1 aliphatic heterocycles. The molecule has 132 valence electrons. The van der Waals surface area contributed by atoms with Crippen molar-refractivity contribution in [3.05, 3.63) is 24.2 Å². The Hall–Kier alpha value is -1.49. The van der Waals surface area contributed by atoms with Crippen LogP contribution in [0.4, 0.5) is 0 Å². The van der Waals surface area contributed by atoms with Gasteiger partial charge in [-0.15, -0.1) is 0 Å². The van der Waals surface area contributed by atoms with Crippen molar-refractivity contribution < 1.29 is 9.15 Å². The van der Waals surface area contributed by atoms with Crippen LogP contribution in [0.2, 0.25) is 0 Å². The Labute approximate surface area is 144 Å². The van der Waals surface area contributed by atoms with Gasteiger partial charge in [0, 0.05) is 31.7 Å². The second kappa shape index (κ2) is 7.18. The van der Waals surface area contributed by atoms with E-state index >= 15 is 0 Å². The highest BCUT2D eigenvalue weighted by Crippen LogP contribution is 2.39. The second-order valence-electron chi connectivity index (χ2n) is 7.55. The first-order chi connectivity index (χ1) is 11.8. The minimum atomic E-state index is 0.148. The number of hydrogen-bond donors (Lipinski definition) is 2. The van der Waals surface area contributed by atoms with Crippen molar-refractivity contribution in [3.8, 4) is 0 Å². The lowest BCUT2D eigenvalue weighted by Crippen LogP contribution is -2.51. The summed E-state index contributed by atoms with van der Waals surface area (Å²) >= 11 is 0. The molecule has 2 aliphatic carbocycles. The third-order valence-electron chi connectivity index (χ3n) is 5.48. The van der Waals surface area contributed by atoms with E-state index in [4.69, 9.17) is 14.1 Å². The standard InChI is InChI=1S/C19H29N3O2/c1-2-10-19(9-1)14-16(8-13-24-19)22-18(21-15-5-6-15)20-11-7-17-4-3-12-23-17/h3-4,12,15-16H,1-2,5-11,13-14H2,(H2,20,21,22). The van der Waals surface area contributed by atoms with Crippen LogP contribution in [0.3, 0.4) is 0 Å². The Balaban J connectivity index is 1.34. The lowest BCUT2D eigenvalue weighted by atomic mass is 9.89. The number of nitrogens with zero attached hydrogens (tertiary/aromatic N) is 1. The van der Waals surface area contributed by atoms with Crippen molar-refractivity contribution in [2.75, 3.05) is 13.2 Å². The van der Waals surface area contributed by atoms with Gasteiger partial charge in [-0.25, -0.2) is 0 Å². The molecule has 2 heterocycles. The predicted octanol–water partition coefficient (Wildman–Crippen LogP) is 3.01. The van der Waals surface area contributed by atoms with Crippen LogP contribution in [0.1, 0.15) is 57.1 Å². The minimum absolute atomic E-state index is 0.148. The van der Waals surface area contributed by atoms with Crippen LogP contribution in [-0.4, -0.2) is 36.8 Å². The molecule has 3 fully saturated rings. The molecule has 3 aliphatic rings. The molecule has 1 saturated heterocycles. The van der Waals surface area contributed by atoms with Crippen molar-refractivity contribution >= 4 is 5.96 Å². The second-order valence-corrected chi connectivity index (χ2v) is 7.55. The van der Waals surface area contributed by atoms with Gasteiger partial charge in [-0.05, 0) is 50.7 Å². The Morgan fingerprint density at radius 2 is 2.00 bits per heavy atom. The van der Waals surface area contributed by atoms with Crippen LogP contribution in [0, 0.1) is 0 Å². The fraction of sp³-hybridized carbons (Fsp3) is 0.737. The first-order valence-electron chi connectivity index (χ1n) is 9.55. The highest BCUT2D eigenvalue weighted by Gasteiger charge is 2.40. The normalized spacial score (nSPS) is 26.7. The molecule has 0 amide bonds. The molecule has 5 heteroatoms. The Morgan fingerprint density at radius 1 is 1.17 bits per heavy atom. The van der Waals surface area contributed by atoms with Crippen molar-refractivity contribution in [1.29, 1.82) is 0 Å². The topological polar surface area (TPSA) is 58.8 Å². The maximum absolute atomic E-state index is 6.15. The number of hydrogen-bond acceptors (Lipinski definition) is 3. The molecule has 0 bridgehead atoms. The maximum atomic E-state index is 6.15. The maximum Gasteiger partial charge on any atom is 0.191 e. The van der Waals surface area contributed by atoms with Crippen LogP contribution in [0.15, 0.2) is 27.8 Å². The largest absolute Gasteiger partial charge is 0.469 e. The van der Waals surface area contributed by atoms with Gasteiger partial charge in [-0.2, -0.15) is 0 Å². The van der Waals surface area contributed by atoms with Gasteiger partial charge < -0.3 is 19.8 Å². The van der Waals surface area contributed by atoms with Crippen LogP contribution in [0.25, 0.3) is 0 Å². The molecule has 5 nitrogen and oxygen atoms in total. The molecule has 0 radical (unpaired) electrons. The summed E-state index contributed by atoms with van der Waals surface area (Å²) in [5.74, 6) is 1.98. The van der Waals surface area contributed by atoms with E-state index in [1.54, 1.807) is 6.26 Å². The minimum Gasteiger partial charge on any atom is -0.469 e. The smallest absolute Gasteiger partial charge is 0.191 e. The highest BCUT2D eigenvalue weighted by molar-refractivity contribution is 5.80. The van der Waals surface area contributed by atoms with Gasteiger partial charge in [0.15, 0.2) is 5.96 Å². The van der Waals surface area contributed by atoms with E-state index in [-0.39, 0.29) is 5.60 Å². The molecule has 2 N–H and O–H groups in total. The summed E-state index contributed by atoms with van der Waals surface area (Å²) in [7, 11) is 0. The van der Waals surface area contributed by atoms with Gasteiger partial charge in [0.05, 0.1) is 11.9 Å². The first kappa shape index (κ1) is 16.0. The molecule has 24 heavy (non-hydrogen) atoms. The van der Waals surface area contributed by atoms with Crippen molar-refractivity contribution in [3.63, 3.8) is 0 Å². The number of rotatable bonds is 5. The van der Waals surface area contributed by atoms with Gasteiger partial charge >= 0.3 is 0 Å².